The van der Waals surface area contributed by atoms with Crippen LogP contribution >= 0.6 is 0 Å². The molecule has 0 radical (unpaired) electrons. The van der Waals surface area contributed by atoms with Crippen LogP contribution in [0.15, 0.2) is 41.3 Å². The number of hydrogen-bond donors (Lipinski definition) is 3. The Balaban J connectivity index is 2.51. The minimum Gasteiger partial charge on any atom is -0.480 e. The van der Waals surface area contributed by atoms with Crippen LogP contribution in [-0.4, -0.2) is 50.8 Å². The highest BCUT2D eigenvalue weighted by Crippen LogP contribution is 2.28. The first kappa shape index (κ1) is 18.2. The van der Waals surface area contributed by atoms with Crippen LogP contribution in [0.25, 0.3) is 10.8 Å². The van der Waals surface area contributed by atoms with Crippen molar-refractivity contribution in [1.29, 1.82) is 0 Å². The molecule has 2 rings (SSSR count). The zero-order valence-electron chi connectivity index (χ0n) is 13.6. The molecule has 8 heteroatoms. The van der Waals surface area contributed by atoms with Crippen molar-refractivity contribution in [2.75, 3.05) is 25.6 Å². The van der Waals surface area contributed by atoms with Gasteiger partial charge in [-0.15, -0.1) is 0 Å². The van der Waals surface area contributed by atoms with E-state index in [1.54, 1.807) is 12.1 Å². The van der Waals surface area contributed by atoms with E-state index in [9.17, 15) is 18.3 Å². The summed E-state index contributed by atoms with van der Waals surface area (Å²) in [7, 11) is -0.325. The number of hydrogen-bond acceptors (Lipinski definition) is 5. The van der Waals surface area contributed by atoms with Gasteiger partial charge < -0.3 is 15.1 Å². The van der Waals surface area contributed by atoms with E-state index >= 15 is 0 Å². The number of carboxylic acids is 1. The molecule has 2 aromatic carbocycles. The Hall–Kier alpha value is -2.16. The summed E-state index contributed by atoms with van der Waals surface area (Å²) in [4.78, 5) is 13.1. The van der Waals surface area contributed by atoms with Gasteiger partial charge in [-0.2, -0.15) is 4.72 Å². The predicted octanol–water partition coefficient (Wildman–Crippen LogP) is 1.02. The molecule has 0 amide bonds. The summed E-state index contributed by atoms with van der Waals surface area (Å²) >= 11 is 0. The molecule has 0 unspecified atom stereocenters. The van der Waals surface area contributed by atoms with Gasteiger partial charge in [-0.05, 0) is 30.5 Å². The van der Waals surface area contributed by atoms with Crippen molar-refractivity contribution < 1.29 is 23.4 Å². The van der Waals surface area contributed by atoms with Crippen molar-refractivity contribution in [3.63, 3.8) is 0 Å². The third-order valence-electron chi connectivity index (χ3n) is 3.77. The van der Waals surface area contributed by atoms with Crippen molar-refractivity contribution in [1.82, 2.24) is 4.72 Å². The van der Waals surface area contributed by atoms with Crippen molar-refractivity contribution in [2.24, 2.45) is 0 Å². The quantitative estimate of drug-likeness (QED) is 0.716. The predicted molar refractivity (Wildman–Crippen MR) is 91.7 cm³/mol. The van der Waals surface area contributed by atoms with Crippen LogP contribution in [0.4, 0.5) is 5.69 Å². The van der Waals surface area contributed by atoms with E-state index in [-0.39, 0.29) is 4.90 Å². The first-order valence-corrected chi connectivity index (χ1v) is 8.67. The number of carbonyl (C=O) groups is 1. The number of carboxylic acid groups (broad SMARTS) is 1. The van der Waals surface area contributed by atoms with E-state index in [1.165, 1.54) is 12.1 Å². The molecule has 0 fully saturated rings. The number of benzene rings is 2. The Kier molecular flexibility index (Phi) is 4.84. The molecule has 0 aliphatic carbocycles. The third-order valence-corrected chi connectivity index (χ3v) is 5.36. The van der Waals surface area contributed by atoms with Crippen LogP contribution in [-0.2, 0) is 14.8 Å². The molecule has 2 aromatic rings. The molecular weight excluding hydrogens is 332 g/mol. The van der Waals surface area contributed by atoms with Crippen LogP contribution in [0.3, 0.4) is 0 Å². The number of nitrogens with zero attached hydrogens (tertiary/aromatic N) is 1. The topological polar surface area (TPSA) is 107 Å². The van der Waals surface area contributed by atoms with Crippen molar-refractivity contribution in [3.05, 3.63) is 36.4 Å². The van der Waals surface area contributed by atoms with Gasteiger partial charge >= 0.3 is 5.97 Å². The fourth-order valence-corrected chi connectivity index (χ4v) is 3.69. The second-order valence-corrected chi connectivity index (χ2v) is 7.64. The minimum atomic E-state index is -4.10. The standard InChI is InChI=1S/C16H20N2O5S/c1-16(10-19,15(20)21)17-24(22,23)12-7-8-13-11(9-12)5-4-6-14(13)18(2)3/h4-9,17,19H,10H2,1-3H3,(H,20,21)/t16-/m1/s1. The lowest BCUT2D eigenvalue weighted by Gasteiger charge is -2.23. The normalized spacial score (nSPS) is 14.3. The monoisotopic (exact) mass is 352 g/mol. The van der Waals surface area contributed by atoms with Crippen molar-refractivity contribution in [3.8, 4) is 0 Å². The number of sulfonamides is 1. The molecule has 1 atom stereocenters. The third kappa shape index (κ3) is 3.35. The molecule has 0 aliphatic heterocycles. The second kappa shape index (κ2) is 6.39. The molecule has 0 bridgehead atoms. The fraction of sp³-hybridized carbons (Fsp3) is 0.312. The Morgan fingerprint density at radius 2 is 1.92 bits per heavy atom. The molecule has 0 aliphatic rings. The summed E-state index contributed by atoms with van der Waals surface area (Å²) in [5.74, 6) is -1.45. The van der Waals surface area contributed by atoms with Gasteiger partial charge in [0, 0.05) is 25.2 Å². The molecule has 7 nitrogen and oxygen atoms in total. The molecule has 0 aromatic heterocycles. The van der Waals surface area contributed by atoms with Gasteiger partial charge in [-0.1, -0.05) is 18.2 Å². The van der Waals surface area contributed by atoms with Crippen LogP contribution in [0, 0.1) is 0 Å². The van der Waals surface area contributed by atoms with E-state index in [4.69, 9.17) is 5.11 Å². The summed E-state index contributed by atoms with van der Waals surface area (Å²) in [6.07, 6.45) is 0. The van der Waals surface area contributed by atoms with E-state index in [1.807, 2.05) is 35.9 Å². The first-order chi connectivity index (χ1) is 11.1. The largest absolute Gasteiger partial charge is 0.480 e. The number of aliphatic hydroxyl groups is 1. The summed E-state index contributed by atoms with van der Waals surface area (Å²) in [5.41, 5.74) is -1.05. The second-order valence-electron chi connectivity index (χ2n) is 5.96. The number of aliphatic hydroxyl groups excluding tert-OH is 1. The molecule has 0 spiro atoms. The lowest BCUT2D eigenvalue weighted by molar-refractivity contribution is -0.144. The maximum Gasteiger partial charge on any atom is 0.327 e. The summed E-state index contributed by atoms with van der Waals surface area (Å²) < 4.78 is 27.0. The number of rotatable bonds is 6. The molecule has 0 saturated carbocycles. The van der Waals surface area contributed by atoms with Crippen LogP contribution in [0.5, 0.6) is 0 Å². The maximum atomic E-state index is 12.5. The van der Waals surface area contributed by atoms with Crippen molar-refractivity contribution in [2.45, 2.75) is 17.4 Å². The highest BCUT2D eigenvalue weighted by Gasteiger charge is 2.37. The Morgan fingerprint density at radius 1 is 1.25 bits per heavy atom. The highest BCUT2D eigenvalue weighted by atomic mass is 32.2. The molecule has 0 saturated heterocycles. The molecule has 0 heterocycles. The van der Waals surface area contributed by atoms with E-state index in [0.29, 0.717) is 5.39 Å². The first-order valence-electron chi connectivity index (χ1n) is 7.19. The maximum absolute atomic E-state index is 12.5. The van der Waals surface area contributed by atoms with Gasteiger partial charge in [0.25, 0.3) is 0 Å². The van der Waals surface area contributed by atoms with Gasteiger partial charge in [0.2, 0.25) is 10.0 Å². The highest BCUT2D eigenvalue weighted by molar-refractivity contribution is 7.89. The summed E-state index contributed by atoms with van der Waals surface area (Å²) in [6, 6.07) is 10.1. The van der Waals surface area contributed by atoms with Gasteiger partial charge in [0.05, 0.1) is 11.5 Å². The summed E-state index contributed by atoms with van der Waals surface area (Å²) in [6.45, 7) is 0.248. The minimum absolute atomic E-state index is 0.0631. The van der Waals surface area contributed by atoms with Crippen LogP contribution in [0.2, 0.25) is 0 Å². The van der Waals surface area contributed by atoms with Gasteiger partial charge in [-0.3, -0.25) is 4.79 Å². The Morgan fingerprint density at radius 3 is 2.46 bits per heavy atom. The zero-order valence-corrected chi connectivity index (χ0v) is 14.5. The van der Waals surface area contributed by atoms with Gasteiger partial charge in [0.1, 0.15) is 5.54 Å². The van der Waals surface area contributed by atoms with Crippen LogP contribution in [0.1, 0.15) is 6.92 Å². The number of nitrogens with one attached hydrogen (secondary N) is 1. The number of aliphatic carboxylic acids is 1. The van der Waals surface area contributed by atoms with Crippen molar-refractivity contribution >= 4 is 32.5 Å². The molecule has 24 heavy (non-hydrogen) atoms. The Labute approximate surface area is 140 Å². The Bertz CT molecular complexity index is 879. The fourth-order valence-electron chi connectivity index (χ4n) is 2.30. The average molecular weight is 352 g/mol. The SMILES string of the molecule is CN(C)c1cccc2cc(S(=O)(=O)N[C@](C)(CO)C(=O)O)ccc12. The zero-order chi connectivity index (χ0) is 18.1. The van der Waals surface area contributed by atoms with E-state index in [2.05, 4.69) is 0 Å². The average Bonchev–Trinajstić information content (AvgIpc) is 2.52. The molecule has 3 N–H and O–H groups in total. The smallest absolute Gasteiger partial charge is 0.327 e. The lowest BCUT2D eigenvalue weighted by Crippen LogP contribution is -2.54. The molecule has 130 valence electrons. The number of fused-ring (bicyclic) bond motifs is 1. The van der Waals surface area contributed by atoms with Crippen LogP contribution < -0.4 is 9.62 Å². The van der Waals surface area contributed by atoms with E-state index < -0.39 is 28.1 Å². The van der Waals surface area contributed by atoms with E-state index in [0.717, 1.165) is 18.0 Å². The van der Waals surface area contributed by atoms with Gasteiger partial charge in [0.15, 0.2) is 0 Å². The molecular formula is C16H20N2O5S. The van der Waals surface area contributed by atoms with Gasteiger partial charge in [-0.25, -0.2) is 8.42 Å². The lowest BCUT2D eigenvalue weighted by atomic mass is 10.1. The summed E-state index contributed by atoms with van der Waals surface area (Å²) in [5, 5.41) is 19.9. The number of anilines is 1.